The first-order valence-corrected chi connectivity index (χ1v) is 4.65. The monoisotopic (exact) mass is 218 g/mol. The molecule has 1 saturated heterocycles. The summed E-state index contributed by atoms with van der Waals surface area (Å²) < 4.78 is 0. The molecule has 0 radical (unpaired) electrons. The Morgan fingerprint density at radius 2 is 2.21 bits per heavy atom. The van der Waals surface area contributed by atoms with E-state index in [0.717, 1.165) is 0 Å². The summed E-state index contributed by atoms with van der Waals surface area (Å²) in [4.78, 5) is 34.8. The molecule has 1 fully saturated rings. The van der Waals surface area contributed by atoms with Crippen molar-refractivity contribution < 1.29 is 14.4 Å². The van der Waals surface area contributed by atoms with E-state index in [-0.39, 0.29) is 6.54 Å². The van der Waals surface area contributed by atoms with Crippen molar-refractivity contribution in [3.8, 4) is 0 Å². The van der Waals surface area contributed by atoms with E-state index < -0.39 is 29.1 Å². The lowest BCUT2D eigenvalue weighted by atomic mass is 10.2. The molecule has 1 aliphatic heterocycles. The fourth-order valence-electron chi connectivity index (χ4n) is 1.21. The van der Waals surface area contributed by atoms with Gasteiger partial charge in [0.25, 0.3) is 0 Å². The zero-order chi connectivity index (χ0) is 10.9. The van der Waals surface area contributed by atoms with Crippen LogP contribution in [0.5, 0.6) is 0 Å². The third-order valence-electron chi connectivity index (χ3n) is 2.05. The first kappa shape index (κ1) is 11.0. The van der Waals surface area contributed by atoms with Gasteiger partial charge in [0.2, 0.25) is 17.7 Å². The molecule has 0 spiro atoms. The van der Waals surface area contributed by atoms with Crippen LogP contribution >= 0.6 is 11.6 Å². The number of amides is 3. The molecule has 1 N–H and O–H groups in total. The van der Waals surface area contributed by atoms with Crippen LogP contribution in [0.15, 0.2) is 0 Å². The Balaban J connectivity index is 2.81. The van der Waals surface area contributed by atoms with E-state index in [1.807, 2.05) is 0 Å². The van der Waals surface area contributed by atoms with Gasteiger partial charge in [0.15, 0.2) is 0 Å². The number of nitrogens with one attached hydrogen (secondary N) is 1. The van der Waals surface area contributed by atoms with Crippen LogP contribution in [0, 0.1) is 0 Å². The number of carbonyl (C=O) groups excluding carboxylic acids is 3. The molecule has 2 atom stereocenters. The second kappa shape index (κ2) is 3.96. The van der Waals surface area contributed by atoms with Crippen molar-refractivity contribution in [2.24, 2.45) is 0 Å². The maximum Gasteiger partial charge on any atom is 0.249 e. The first-order chi connectivity index (χ1) is 6.43. The summed E-state index contributed by atoms with van der Waals surface area (Å²) >= 11 is 5.59. The molecule has 2 unspecified atom stereocenters. The fraction of sp³-hybridized carbons (Fsp3) is 0.625. The Bertz CT molecular complexity index is 290. The van der Waals surface area contributed by atoms with Crippen LogP contribution in [0.3, 0.4) is 0 Å². The van der Waals surface area contributed by atoms with Crippen LogP contribution in [0.2, 0.25) is 0 Å². The molecular formula is C8H11ClN2O3. The third-order valence-corrected chi connectivity index (χ3v) is 2.23. The van der Waals surface area contributed by atoms with Crippen molar-refractivity contribution in [2.45, 2.75) is 25.3 Å². The van der Waals surface area contributed by atoms with E-state index in [2.05, 4.69) is 5.32 Å². The highest BCUT2D eigenvalue weighted by Gasteiger charge is 2.34. The van der Waals surface area contributed by atoms with Crippen LogP contribution < -0.4 is 5.32 Å². The summed E-state index contributed by atoms with van der Waals surface area (Å²) in [5.41, 5.74) is 0. The molecular weight excluding hydrogens is 208 g/mol. The second-order valence-electron chi connectivity index (χ2n) is 3.17. The SMILES string of the molecule is CC(Cl)C(=O)N1CC(=O)NC(=O)C1C. The molecule has 0 saturated carbocycles. The third kappa shape index (κ3) is 2.04. The number of hydrogen-bond donors (Lipinski definition) is 1. The minimum absolute atomic E-state index is 0.108. The van der Waals surface area contributed by atoms with Gasteiger partial charge in [0.1, 0.15) is 18.0 Å². The van der Waals surface area contributed by atoms with Gasteiger partial charge in [-0.15, -0.1) is 11.6 Å². The topological polar surface area (TPSA) is 66.5 Å². The van der Waals surface area contributed by atoms with Gasteiger partial charge in [-0.05, 0) is 13.8 Å². The molecule has 0 bridgehead atoms. The van der Waals surface area contributed by atoms with Crippen LogP contribution in [-0.4, -0.2) is 40.6 Å². The number of imide groups is 1. The molecule has 0 aromatic carbocycles. The Morgan fingerprint density at radius 3 is 2.71 bits per heavy atom. The van der Waals surface area contributed by atoms with Gasteiger partial charge in [-0.1, -0.05) is 0 Å². The van der Waals surface area contributed by atoms with Crippen molar-refractivity contribution in [3.05, 3.63) is 0 Å². The lowest BCUT2D eigenvalue weighted by molar-refractivity contribution is -0.149. The Hall–Kier alpha value is -1.10. The molecule has 1 rings (SSSR count). The zero-order valence-corrected chi connectivity index (χ0v) is 8.67. The molecule has 1 heterocycles. The van der Waals surface area contributed by atoms with Gasteiger partial charge in [-0.25, -0.2) is 0 Å². The van der Waals surface area contributed by atoms with Gasteiger partial charge in [-0.3, -0.25) is 19.7 Å². The predicted octanol–water partition coefficient (Wildman–Crippen LogP) is -0.513. The summed E-state index contributed by atoms with van der Waals surface area (Å²) in [5.74, 6) is -1.34. The van der Waals surface area contributed by atoms with Gasteiger partial charge in [-0.2, -0.15) is 0 Å². The number of alkyl halides is 1. The zero-order valence-electron chi connectivity index (χ0n) is 7.91. The Labute approximate surface area is 86.4 Å². The smallest absolute Gasteiger partial charge is 0.249 e. The minimum Gasteiger partial charge on any atom is -0.320 e. The van der Waals surface area contributed by atoms with E-state index in [1.165, 1.54) is 11.8 Å². The van der Waals surface area contributed by atoms with Crippen LogP contribution in [0.4, 0.5) is 0 Å². The Morgan fingerprint density at radius 1 is 1.64 bits per heavy atom. The fourth-order valence-corrected chi connectivity index (χ4v) is 1.34. The van der Waals surface area contributed by atoms with E-state index in [4.69, 9.17) is 11.6 Å². The van der Waals surface area contributed by atoms with Crippen LogP contribution in [0.25, 0.3) is 0 Å². The largest absolute Gasteiger partial charge is 0.320 e. The van der Waals surface area contributed by atoms with Gasteiger partial charge >= 0.3 is 0 Å². The standard InChI is InChI=1S/C8H11ClN2O3/c1-4(9)8(14)11-3-6(12)10-7(13)5(11)2/h4-5H,3H2,1-2H3,(H,10,12,13). The highest BCUT2D eigenvalue weighted by molar-refractivity contribution is 6.30. The highest BCUT2D eigenvalue weighted by atomic mass is 35.5. The molecule has 0 aromatic rings. The Kier molecular flexibility index (Phi) is 3.10. The summed E-state index contributed by atoms with van der Waals surface area (Å²) in [6, 6.07) is -0.638. The lowest BCUT2D eigenvalue weighted by Gasteiger charge is -2.32. The van der Waals surface area contributed by atoms with Crippen LogP contribution in [0.1, 0.15) is 13.8 Å². The average molecular weight is 219 g/mol. The summed E-state index contributed by atoms with van der Waals surface area (Å²) in [6.45, 7) is 2.95. The molecule has 78 valence electrons. The average Bonchev–Trinajstić information content (AvgIpc) is 2.09. The van der Waals surface area contributed by atoms with Gasteiger partial charge in [0.05, 0.1) is 0 Å². The van der Waals surface area contributed by atoms with Crippen molar-refractivity contribution in [2.75, 3.05) is 6.54 Å². The maximum atomic E-state index is 11.5. The second-order valence-corrected chi connectivity index (χ2v) is 3.83. The molecule has 5 nitrogen and oxygen atoms in total. The number of piperazine rings is 1. The number of carbonyl (C=O) groups is 3. The van der Waals surface area contributed by atoms with Crippen LogP contribution in [-0.2, 0) is 14.4 Å². The molecule has 1 aliphatic rings. The van der Waals surface area contributed by atoms with E-state index in [1.54, 1.807) is 6.92 Å². The number of hydrogen-bond acceptors (Lipinski definition) is 3. The van der Waals surface area contributed by atoms with Crippen molar-refractivity contribution in [3.63, 3.8) is 0 Å². The number of halogens is 1. The molecule has 3 amide bonds. The summed E-state index contributed by atoms with van der Waals surface area (Å²) in [5, 5.41) is 1.41. The molecule has 0 aromatic heterocycles. The van der Waals surface area contributed by atoms with E-state index >= 15 is 0 Å². The molecule has 14 heavy (non-hydrogen) atoms. The molecule has 0 aliphatic carbocycles. The van der Waals surface area contributed by atoms with Crippen molar-refractivity contribution >= 4 is 29.3 Å². The number of rotatable bonds is 1. The van der Waals surface area contributed by atoms with Gasteiger partial charge in [0, 0.05) is 0 Å². The normalized spacial score (nSPS) is 24.5. The quantitative estimate of drug-likeness (QED) is 0.476. The summed E-state index contributed by atoms with van der Waals surface area (Å²) in [7, 11) is 0. The van der Waals surface area contributed by atoms with E-state index in [9.17, 15) is 14.4 Å². The van der Waals surface area contributed by atoms with Crippen molar-refractivity contribution in [1.82, 2.24) is 10.2 Å². The first-order valence-electron chi connectivity index (χ1n) is 4.21. The van der Waals surface area contributed by atoms with Gasteiger partial charge < -0.3 is 4.90 Å². The van der Waals surface area contributed by atoms with Crippen molar-refractivity contribution in [1.29, 1.82) is 0 Å². The molecule has 6 heteroatoms. The maximum absolute atomic E-state index is 11.5. The summed E-state index contributed by atoms with van der Waals surface area (Å²) in [6.07, 6.45) is 0. The minimum atomic E-state index is -0.726. The lowest BCUT2D eigenvalue weighted by Crippen LogP contribution is -2.59. The van der Waals surface area contributed by atoms with E-state index in [0.29, 0.717) is 0 Å². The predicted molar refractivity (Wildman–Crippen MR) is 49.6 cm³/mol. The number of nitrogens with zero attached hydrogens (tertiary/aromatic N) is 1. The highest BCUT2D eigenvalue weighted by Crippen LogP contribution is 2.09.